The summed E-state index contributed by atoms with van der Waals surface area (Å²) in [5.41, 5.74) is 3.73. The predicted molar refractivity (Wildman–Crippen MR) is 121 cm³/mol. The molecule has 1 aliphatic heterocycles. The summed E-state index contributed by atoms with van der Waals surface area (Å²) in [5.74, 6) is -0.516. The van der Waals surface area contributed by atoms with Crippen LogP contribution in [0.4, 0.5) is 0 Å². The highest BCUT2D eigenvalue weighted by atomic mass is 32.2. The molecule has 0 bridgehead atoms. The minimum absolute atomic E-state index is 0.0803. The fraction of sp³-hybridized carbons (Fsp3) is 0.364. The van der Waals surface area contributed by atoms with Crippen LogP contribution in [0, 0.1) is 20.8 Å². The van der Waals surface area contributed by atoms with Gasteiger partial charge in [0.1, 0.15) is 9.79 Å². The first-order chi connectivity index (χ1) is 15.1. The third kappa shape index (κ3) is 3.72. The molecule has 0 radical (unpaired) electrons. The highest BCUT2D eigenvalue weighted by molar-refractivity contribution is 7.91. The number of benzene rings is 1. The number of thiophene rings is 1. The molecule has 3 aromatic rings. The average molecular weight is 477 g/mol. The molecule has 0 spiro atoms. The van der Waals surface area contributed by atoms with Gasteiger partial charge in [-0.15, -0.1) is 11.3 Å². The Morgan fingerprint density at radius 2 is 1.72 bits per heavy atom. The summed E-state index contributed by atoms with van der Waals surface area (Å²) < 4.78 is 38.0. The van der Waals surface area contributed by atoms with Crippen LogP contribution in [0.15, 0.2) is 32.2 Å². The van der Waals surface area contributed by atoms with Crippen LogP contribution in [0.3, 0.4) is 0 Å². The topological polar surface area (TPSA) is 97.1 Å². The molecule has 1 fully saturated rings. The molecular formula is C22H24N2O6S2. The number of methoxy groups -OCH3 is 1. The number of fused-ring (bicyclic) bond motifs is 1. The van der Waals surface area contributed by atoms with Crippen molar-refractivity contribution < 1.29 is 27.2 Å². The van der Waals surface area contributed by atoms with Crippen LogP contribution in [-0.4, -0.2) is 62.8 Å². The minimum Gasteiger partial charge on any atom is -0.465 e. The van der Waals surface area contributed by atoms with Crippen LogP contribution in [-0.2, 0) is 14.8 Å². The van der Waals surface area contributed by atoms with Crippen molar-refractivity contribution in [1.82, 2.24) is 9.21 Å². The first kappa shape index (κ1) is 22.5. The molecule has 8 nitrogen and oxygen atoms in total. The fourth-order valence-corrected chi connectivity index (χ4v) is 6.68. The molecule has 32 heavy (non-hydrogen) atoms. The molecule has 1 saturated heterocycles. The lowest BCUT2D eigenvalue weighted by Gasteiger charge is -2.33. The summed E-state index contributed by atoms with van der Waals surface area (Å²) in [4.78, 5) is 26.4. The lowest BCUT2D eigenvalue weighted by Crippen LogP contribution is -2.50. The van der Waals surface area contributed by atoms with Gasteiger partial charge in [0, 0.05) is 42.5 Å². The highest BCUT2D eigenvalue weighted by Gasteiger charge is 2.33. The van der Waals surface area contributed by atoms with E-state index >= 15 is 0 Å². The van der Waals surface area contributed by atoms with E-state index in [1.807, 2.05) is 32.9 Å². The summed E-state index contributed by atoms with van der Waals surface area (Å²) in [7, 11) is -2.51. The lowest BCUT2D eigenvalue weighted by molar-refractivity contribution is 0.0600. The van der Waals surface area contributed by atoms with Gasteiger partial charge in [-0.1, -0.05) is 12.1 Å². The van der Waals surface area contributed by atoms with Crippen LogP contribution in [0.5, 0.6) is 0 Å². The smallest absolute Gasteiger partial charge is 0.338 e. The number of carbonyl (C=O) groups is 2. The molecule has 4 rings (SSSR count). The Labute approximate surface area is 190 Å². The van der Waals surface area contributed by atoms with Crippen LogP contribution < -0.4 is 0 Å². The molecule has 1 aliphatic rings. The first-order valence-corrected chi connectivity index (χ1v) is 12.4. The van der Waals surface area contributed by atoms with Gasteiger partial charge < -0.3 is 14.1 Å². The molecule has 3 heterocycles. The van der Waals surface area contributed by atoms with Crippen LogP contribution >= 0.6 is 11.3 Å². The predicted octanol–water partition coefficient (Wildman–Crippen LogP) is 3.35. The molecule has 2 aromatic heterocycles. The molecule has 1 amide bonds. The highest BCUT2D eigenvalue weighted by Crippen LogP contribution is 2.32. The number of ether oxygens (including phenoxy) is 1. The molecule has 0 atom stereocenters. The van der Waals surface area contributed by atoms with E-state index in [9.17, 15) is 18.0 Å². The molecule has 0 aliphatic carbocycles. The third-order valence-corrected chi connectivity index (χ3v) is 9.11. The molecule has 170 valence electrons. The van der Waals surface area contributed by atoms with E-state index < -0.39 is 16.0 Å². The number of hydrogen-bond acceptors (Lipinski definition) is 7. The monoisotopic (exact) mass is 476 g/mol. The van der Waals surface area contributed by atoms with Crippen molar-refractivity contribution in [2.24, 2.45) is 0 Å². The van der Waals surface area contributed by atoms with Crippen molar-refractivity contribution in [1.29, 1.82) is 0 Å². The number of rotatable bonds is 4. The molecular weight excluding hydrogens is 452 g/mol. The number of carbonyl (C=O) groups excluding carboxylic acids is 2. The minimum atomic E-state index is -3.75. The number of aryl methyl sites for hydroxylation is 3. The Kier molecular flexibility index (Phi) is 5.87. The quantitative estimate of drug-likeness (QED) is 0.536. The normalized spacial score (nSPS) is 15.3. The fourth-order valence-electron chi connectivity index (χ4n) is 3.96. The van der Waals surface area contributed by atoms with E-state index in [0.717, 1.165) is 33.4 Å². The van der Waals surface area contributed by atoms with Crippen LogP contribution in [0.2, 0.25) is 0 Å². The zero-order valence-corrected chi connectivity index (χ0v) is 19.9. The number of amides is 1. The van der Waals surface area contributed by atoms with Gasteiger partial charge in [0.25, 0.3) is 15.9 Å². The van der Waals surface area contributed by atoms with Crippen molar-refractivity contribution in [3.8, 4) is 0 Å². The maximum absolute atomic E-state index is 13.2. The lowest BCUT2D eigenvalue weighted by atomic mass is 10.0. The van der Waals surface area contributed by atoms with Gasteiger partial charge in [-0.2, -0.15) is 4.31 Å². The largest absolute Gasteiger partial charge is 0.465 e. The van der Waals surface area contributed by atoms with Gasteiger partial charge >= 0.3 is 5.97 Å². The average Bonchev–Trinajstić information content (AvgIpc) is 3.42. The Morgan fingerprint density at radius 1 is 1.06 bits per heavy atom. The van der Waals surface area contributed by atoms with Crippen molar-refractivity contribution in [2.45, 2.75) is 25.0 Å². The van der Waals surface area contributed by atoms with Gasteiger partial charge in [0.05, 0.1) is 12.7 Å². The van der Waals surface area contributed by atoms with E-state index in [4.69, 9.17) is 4.42 Å². The second kappa shape index (κ2) is 8.34. The van der Waals surface area contributed by atoms with Gasteiger partial charge in [0.2, 0.25) is 0 Å². The molecule has 0 N–H and O–H groups in total. The summed E-state index contributed by atoms with van der Waals surface area (Å²) in [6, 6.07) is 5.30. The van der Waals surface area contributed by atoms with Crippen LogP contribution in [0.1, 0.15) is 37.6 Å². The number of esters is 1. The Balaban J connectivity index is 1.51. The Bertz CT molecular complexity index is 1310. The summed E-state index contributed by atoms with van der Waals surface area (Å²) in [5, 5.41) is 2.42. The van der Waals surface area contributed by atoms with Crippen molar-refractivity contribution in [3.05, 3.63) is 51.6 Å². The van der Waals surface area contributed by atoms with Gasteiger partial charge in [0.15, 0.2) is 5.76 Å². The van der Waals surface area contributed by atoms with E-state index in [-0.39, 0.29) is 41.9 Å². The molecule has 0 saturated carbocycles. The number of furan rings is 1. The summed E-state index contributed by atoms with van der Waals surface area (Å²) in [6.07, 6.45) is 0. The second-order valence-corrected chi connectivity index (χ2v) is 10.9. The molecule has 1 aromatic carbocycles. The summed E-state index contributed by atoms with van der Waals surface area (Å²) in [6.45, 7) is 6.64. The maximum atomic E-state index is 13.2. The Morgan fingerprint density at radius 3 is 2.34 bits per heavy atom. The maximum Gasteiger partial charge on any atom is 0.338 e. The number of sulfonamides is 1. The standard InChI is InChI=1S/C22H24N2O6S2/c1-13-5-6-14(2)19-18(13)15(3)20(30-19)21(25)23-7-9-24(10-8-23)32(27,28)17-11-16(12-31-17)22(26)29-4/h5-6,11-12H,7-10H2,1-4H3. The third-order valence-electron chi connectivity index (χ3n) is 5.79. The van der Waals surface area contributed by atoms with Crippen LogP contribution in [0.25, 0.3) is 11.0 Å². The first-order valence-electron chi connectivity index (χ1n) is 10.1. The van der Waals surface area contributed by atoms with Crippen molar-refractivity contribution in [3.63, 3.8) is 0 Å². The summed E-state index contributed by atoms with van der Waals surface area (Å²) >= 11 is 0.979. The van der Waals surface area contributed by atoms with E-state index in [0.29, 0.717) is 11.3 Å². The molecule has 10 heteroatoms. The number of nitrogens with zero attached hydrogens (tertiary/aromatic N) is 2. The second-order valence-electron chi connectivity index (χ2n) is 7.80. The zero-order valence-electron chi connectivity index (χ0n) is 18.3. The van der Waals surface area contributed by atoms with E-state index in [1.165, 1.54) is 22.9 Å². The number of hydrogen-bond donors (Lipinski definition) is 0. The van der Waals surface area contributed by atoms with E-state index in [2.05, 4.69) is 4.74 Å². The van der Waals surface area contributed by atoms with E-state index in [1.54, 1.807) is 4.90 Å². The van der Waals surface area contributed by atoms with Crippen molar-refractivity contribution >= 4 is 44.2 Å². The Hall–Kier alpha value is -2.69. The van der Waals surface area contributed by atoms with Gasteiger partial charge in [-0.3, -0.25) is 4.79 Å². The SMILES string of the molecule is COC(=O)c1csc(S(=O)(=O)N2CCN(C(=O)c3oc4c(C)ccc(C)c4c3C)CC2)c1. The zero-order chi connectivity index (χ0) is 23.2. The van der Waals surface area contributed by atoms with Gasteiger partial charge in [-0.05, 0) is 38.0 Å². The van der Waals surface area contributed by atoms with Crippen molar-refractivity contribution in [2.75, 3.05) is 33.3 Å². The van der Waals surface area contributed by atoms with Gasteiger partial charge in [-0.25, -0.2) is 13.2 Å². The molecule has 0 unspecified atom stereocenters. The number of piperazine rings is 1.